The Labute approximate surface area is 142 Å². The van der Waals surface area contributed by atoms with Gasteiger partial charge in [-0.3, -0.25) is 4.79 Å². The van der Waals surface area contributed by atoms with Crippen LogP contribution in [0.4, 0.5) is 0 Å². The van der Waals surface area contributed by atoms with Gasteiger partial charge in [0.25, 0.3) is 5.78 Å². The Morgan fingerprint density at radius 1 is 1.00 bits per heavy atom. The lowest BCUT2D eigenvalue weighted by Gasteiger charge is -2.37. The van der Waals surface area contributed by atoms with Gasteiger partial charge in [0.15, 0.2) is 0 Å². The Morgan fingerprint density at radius 2 is 1.41 bits per heavy atom. The zero-order valence-electron chi connectivity index (χ0n) is 14.2. The van der Waals surface area contributed by atoms with E-state index < -0.39 is 8.07 Å². The van der Waals surface area contributed by atoms with E-state index >= 15 is 0 Å². The van der Waals surface area contributed by atoms with Gasteiger partial charge in [-0.05, 0) is 40.9 Å². The first-order valence-electron chi connectivity index (χ1n) is 7.72. The zero-order valence-corrected chi connectivity index (χ0v) is 16.8. The van der Waals surface area contributed by atoms with Crippen LogP contribution in [0.1, 0.15) is 51.9 Å². The van der Waals surface area contributed by atoms with Crippen molar-refractivity contribution in [2.45, 2.75) is 58.2 Å². The monoisotopic (exact) mass is 380 g/mol. The van der Waals surface area contributed by atoms with Crippen molar-refractivity contribution >= 4 is 35.1 Å². The molecule has 0 aromatic heterocycles. The molecule has 0 spiro atoms. The summed E-state index contributed by atoms with van der Waals surface area (Å²) in [6.07, 6.45) is 0. The third-order valence-electron chi connectivity index (χ3n) is 4.70. The van der Waals surface area contributed by atoms with Gasteiger partial charge in [0, 0.05) is 10.0 Å². The summed E-state index contributed by atoms with van der Waals surface area (Å²) in [7, 11) is -2.28. The molecule has 0 radical (unpaired) electrons. The third kappa shape index (κ3) is 3.32. The van der Waals surface area contributed by atoms with Gasteiger partial charge in [0.2, 0.25) is 8.07 Å². The predicted molar refractivity (Wildman–Crippen MR) is 98.1 cm³/mol. The molecule has 1 rings (SSSR count). The van der Waals surface area contributed by atoms with E-state index in [1.54, 1.807) is 12.1 Å². The highest BCUT2D eigenvalue weighted by atomic mass is 79.9. The van der Waals surface area contributed by atoms with Crippen molar-refractivity contribution in [2.75, 3.05) is 0 Å². The quantitative estimate of drug-likeness (QED) is 0.210. The molecule has 0 heterocycles. The average Bonchev–Trinajstić information content (AvgIpc) is 2.43. The van der Waals surface area contributed by atoms with Gasteiger partial charge in [-0.1, -0.05) is 57.5 Å². The molecule has 0 aliphatic heterocycles. The van der Waals surface area contributed by atoms with E-state index in [1.807, 2.05) is 12.1 Å². The molecule has 0 atom stereocenters. The number of hydrogen-bond acceptors (Lipinski definition) is 1. The molecule has 0 N–H and O–H groups in total. The van der Waals surface area contributed by atoms with Crippen LogP contribution in [0.25, 0.3) is 5.53 Å². The molecule has 1 aromatic rings. The van der Waals surface area contributed by atoms with Crippen molar-refractivity contribution in [3.8, 4) is 0 Å². The highest BCUT2D eigenvalue weighted by Gasteiger charge is 2.56. The fourth-order valence-corrected chi connectivity index (χ4v) is 10.5. The maximum Gasteiger partial charge on any atom is 0.306 e. The Bertz CT molecular complexity index is 565. The number of hydrogen-bond donors (Lipinski definition) is 0. The van der Waals surface area contributed by atoms with Crippen molar-refractivity contribution in [2.24, 2.45) is 0 Å². The summed E-state index contributed by atoms with van der Waals surface area (Å²) in [5, 5.41) is 0.398. The summed E-state index contributed by atoms with van der Waals surface area (Å²) in [5.74, 6) is -0.141. The molecule has 0 amide bonds. The second-order valence-corrected chi connectivity index (χ2v) is 13.4. The van der Waals surface area contributed by atoms with Gasteiger partial charge in [-0.25, -0.2) is 0 Å². The lowest BCUT2D eigenvalue weighted by atomic mass is 10.1. The zero-order chi connectivity index (χ0) is 17.1. The van der Waals surface area contributed by atoms with Crippen molar-refractivity contribution in [3.63, 3.8) is 0 Å². The standard InChI is InChI=1S/C17H25BrN2OSi/c1-11(2)22(12(3)4,13(5)6)17(20-19)16(21)14-7-9-15(18)10-8-14/h7-13H,1-6H3. The normalized spacial score (nSPS) is 11.9. The molecule has 0 aliphatic carbocycles. The summed E-state index contributed by atoms with van der Waals surface area (Å²) >= 11 is 3.38. The van der Waals surface area contributed by atoms with Crippen LogP contribution in [-0.2, 0) is 0 Å². The highest BCUT2D eigenvalue weighted by molar-refractivity contribution is 9.10. The summed E-state index contributed by atoms with van der Waals surface area (Å²) in [6, 6.07) is 7.23. The number of rotatable bonds is 6. The maximum atomic E-state index is 13.0. The number of carbonyl (C=O) groups is 1. The van der Waals surface area contributed by atoms with E-state index in [-0.39, 0.29) is 5.78 Å². The van der Waals surface area contributed by atoms with Crippen LogP contribution in [0.15, 0.2) is 28.7 Å². The minimum atomic E-state index is -2.28. The molecule has 3 nitrogen and oxygen atoms in total. The molecule has 0 aliphatic rings. The molecule has 0 saturated heterocycles. The van der Waals surface area contributed by atoms with Crippen molar-refractivity contribution < 1.29 is 9.58 Å². The van der Waals surface area contributed by atoms with Crippen LogP contribution in [0, 0.1) is 0 Å². The summed E-state index contributed by atoms with van der Waals surface area (Å²) < 4.78 is 0.923. The minimum absolute atomic E-state index is 0.141. The number of ketones is 1. The Morgan fingerprint density at radius 3 is 1.73 bits per heavy atom. The maximum absolute atomic E-state index is 13.0. The summed E-state index contributed by atoms with van der Waals surface area (Å²) in [4.78, 5) is 16.5. The first kappa shape index (κ1) is 19.0. The second-order valence-electron chi connectivity index (χ2n) is 6.68. The fraction of sp³-hybridized carbons (Fsp3) is 0.529. The lowest BCUT2D eigenvalue weighted by Crippen LogP contribution is -2.56. The third-order valence-corrected chi connectivity index (χ3v) is 12.1. The molecular formula is C17H25BrN2OSi. The Kier molecular flexibility index (Phi) is 6.47. The van der Waals surface area contributed by atoms with Gasteiger partial charge in [0.1, 0.15) is 0 Å². The first-order chi connectivity index (χ1) is 10.2. The van der Waals surface area contributed by atoms with Crippen LogP contribution in [-0.4, -0.2) is 24.0 Å². The molecule has 120 valence electrons. The first-order valence-corrected chi connectivity index (χ1v) is 10.7. The van der Waals surface area contributed by atoms with Gasteiger partial charge in [-0.15, -0.1) is 0 Å². The van der Waals surface area contributed by atoms with Gasteiger partial charge >= 0.3 is 5.33 Å². The van der Waals surface area contributed by atoms with Crippen molar-refractivity contribution in [1.82, 2.24) is 0 Å². The van der Waals surface area contributed by atoms with Crippen molar-refractivity contribution in [1.29, 1.82) is 0 Å². The van der Waals surface area contributed by atoms with Gasteiger partial charge in [0.05, 0.1) is 0 Å². The van der Waals surface area contributed by atoms with E-state index in [4.69, 9.17) is 0 Å². The fourth-order valence-electron chi connectivity index (χ4n) is 3.89. The largest absolute Gasteiger partial charge is 0.362 e. The van der Waals surface area contributed by atoms with Crippen LogP contribution in [0.2, 0.25) is 16.6 Å². The molecule has 0 fully saturated rings. The van der Waals surface area contributed by atoms with E-state index in [0.29, 0.717) is 27.5 Å². The molecule has 0 unspecified atom stereocenters. The van der Waals surface area contributed by atoms with Crippen LogP contribution in [0.5, 0.6) is 0 Å². The molecule has 22 heavy (non-hydrogen) atoms. The van der Waals surface area contributed by atoms with E-state index in [0.717, 1.165) is 4.47 Å². The van der Waals surface area contributed by atoms with Gasteiger partial charge in [-0.2, -0.15) is 4.79 Å². The van der Waals surface area contributed by atoms with Gasteiger partial charge < -0.3 is 5.53 Å². The highest BCUT2D eigenvalue weighted by Crippen LogP contribution is 2.42. The van der Waals surface area contributed by atoms with E-state index in [1.165, 1.54) is 0 Å². The summed E-state index contributed by atoms with van der Waals surface area (Å²) in [6.45, 7) is 12.9. The topological polar surface area (TPSA) is 53.5 Å². The van der Waals surface area contributed by atoms with Crippen LogP contribution in [0.3, 0.4) is 0 Å². The smallest absolute Gasteiger partial charge is 0.306 e. The SMILES string of the molecule is CC(C)[Si](C(=[N+]=[N-])C(=O)c1ccc(Br)cc1)(C(C)C)C(C)C. The average molecular weight is 381 g/mol. The number of Topliss-reactive ketones (excluding diaryl/α,β-unsaturated/α-hetero) is 1. The second kappa shape index (κ2) is 7.49. The van der Waals surface area contributed by atoms with Crippen LogP contribution < -0.4 is 0 Å². The Hall–Kier alpha value is -1.03. The minimum Gasteiger partial charge on any atom is -0.362 e. The van der Waals surface area contributed by atoms with E-state index in [2.05, 4.69) is 62.3 Å². The molecule has 0 saturated carbocycles. The number of carbonyl (C=O) groups excluding carboxylic acids is 1. The number of nitrogens with zero attached hydrogens (tertiary/aromatic N) is 2. The van der Waals surface area contributed by atoms with E-state index in [9.17, 15) is 10.3 Å². The molecular weight excluding hydrogens is 356 g/mol. The lowest BCUT2D eigenvalue weighted by molar-refractivity contribution is -0.00296. The van der Waals surface area contributed by atoms with Crippen LogP contribution >= 0.6 is 15.9 Å². The predicted octanol–water partition coefficient (Wildman–Crippen LogP) is 5.52. The molecule has 0 bridgehead atoms. The van der Waals surface area contributed by atoms with Crippen molar-refractivity contribution in [3.05, 3.63) is 39.8 Å². The number of halogens is 1. The molecule has 5 heteroatoms. The summed E-state index contributed by atoms with van der Waals surface area (Å²) in [5.41, 5.74) is 11.2. The molecule has 1 aromatic carbocycles. The number of benzene rings is 1. The Balaban J connectivity index is 3.47.